The van der Waals surface area contributed by atoms with E-state index in [9.17, 15) is 22.8 Å². The largest absolute Gasteiger partial charge is 0.465 e. The molecule has 1 amide bonds. The SMILES string of the molecule is COC(=O)c1cc(NC(=O)c2cnn(C)c2C(F)(F)F)cc(C)c1C. The number of rotatable bonds is 3. The van der Waals surface area contributed by atoms with Gasteiger partial charge in [0.05, 0.1) is 24.4 Å². The van der Waals surface area contributed by atoms with Gasteiger partial charge >= 0.3 is 12.1 Å². The summed E-state index contributed by atoms with van der Waals surface area (Å²) in [7, 11) is 2.32. The van der Waals surface area contributed by atoms with E-state index in [-0.39, 0.29) is 11.3 Å². The summed E-state index contributed by atoms with van der Waals surface area (Å²) in [6.07, 6.45) is -3.88. The maximum atomic E-state index is 13.1. The van der Waals surface area contributed by atoms with Crippen molar-refractivity contribution >= 4 is 17.6 Å². The van der Waals surface area contributed by atoms with Crippen LogP contribution in [0.2, 0.25) is 0 Å². The fraction of sp³-hybridized carbons (Fsp3) is 0.312. The molecule has 0 saturated carbocycles. The lowest BCUT2D eigenvalue weighted by molar-refractivity contribution is -0.144. The molecule has 0 aliphatic carbocycles. The summed E-state index contributed by atoms with van der Waals surface area (Å²) < 4.78 is 44.5. The molecule has 6 nitrogen and oxygen atoms in total. The van der Waals surface area contributed by atoms with Gasteiger partial charge in [-0.05, 0) is 37.1 Å². The van der Waals surface area contributed by atoms with Crippen molar-refractivity contribution in [2.24, 2.45) is 7.05 Å². The average Bonchev–Trinajstić information content (AvgIpc) is 2.91. The predicted molar refractivity (Wildman–Crippen MR) is 83.4 cm³/mol. The number of carbonyl (C=O) groups is 2. The van der Waals surface area contributed by atoms with Crippen molar-refractivity contribution in [1.29, 1.82) is 0 Å². The Morgan fingerprint density at radius 1 is 1.20 bits per heavy atom. The first-order valence-electron chi connectivity index (χ1n) is 7.16. The standard InChI is InChI=1S/C16H16F3N3O3/c1-8-5-10(6-11(9(8)2)15(24)25-4)21-14(23)12-7-20-22(3)13(12)16(17,18)19/h5-7H,1-4H3,(H,21,23). The summed E-state index contributed by atoms with van der Waals surface area (Å²) >= 11 is 0. The first-order valence-corrected chi connectivity index (χ1v) is 7.16. The molecule has 1 aromatic heterocycles. The van der Waals surface area contributed by atoms with Gasteiger partial charge in [0.1, 0.15) is 0 Å². The molecule has 25 heavy (non-hydrogen) atoms. The number of hydrogen-bond acceptors (Lipinski definition) is 4. The third-order valence-corrected chi connectivity index (χ3v) is 3.78. The number of hydrogen-bond donors (Lipinski definition) is 1. The maximum Gasteiger partial charge on any atom is 0.433 e. The molecule has 0 radical (unpaired) electrons. The number of aryl methyl sites for hydroxylation is 2. The van der Waals surface area contributed by atoms with Gasteiger partial charge in [0.25, 0.3) is 5.91 Å². The zero-order valence-corrected chi connectivity index (χ0v) is 14.0. The molecule has 0 spiro atoms. The summed E-state index contributed by atoms with van der Waals surface area (Å²) in [4.78, 5) is 24.0. The van der Waals surface area contributed by atoms with E-state index in [1.165, 1.54) is 13.2 Å². The molecule has 0 atom stereocenters. The number of esters is 1. The highest BCUT2D eigenvalue weighted by atomic mass is 19.4. The average molecular weight is 355 g/mol. The van der Waals surface area contributed by atoms with Crippen LogP contribution in [-0.2, 0) is 18.0 Å². The van der Waals surface area contributed by atoms with Crippen molar-refractivity contribution in [1.82, 2.24) is 9.78 Å². The van der Waals surface area contributed by atoms with Crippen molar-refractivity contribution in [3.8, 4) is 0 Å². The molecular weight excluding hydrogens is 339 g/mol. The summed E-state index contributed by atoms with van der Waals surface area (Å²) in [6, 6.07) is 2.92. The maximum absolute atomic E-state index is 13.1. The number of nitrogens with zero attached hydrogens (tertiary/aromatic N) is 2. The number of alkyl halides is 3. The minimum absolute atomic E-state index is 0.186. The van der Waals surface area contributed by atoms with Crippen LogP contribution in [0, 0.1) is 13.8 Å². The number of carbonyl (C=O) groups excluding carboxylic acids is 2. The highest BCUT2D eigenvalue weighted by Gasteiger charge is 2.39. The molecule has 9 heteroatoms. The van der Waals surface area contributed by atoms with Crippen LogP contribution in [0.5, 0.6) is 0 Å². The quantitative estimate of drug-likeness (QED) is 0.859. The van der Waals surface area contributed by atoms with E-state index in [1.807, 2.05) is 0 Å². The predicted octanol–water partition coefficient (Wildman–Crippen LogP) is 3.09. The van der Waals surface area contributed by atoms with Gasteiger partial charge in [0.15, 0.2) is 5.69 Å². The molecule has 1 aromatic carbocycles. The Labute approximate surface area is 141 Å². The highest BCUT2D eigenvalue weighted by molar-refractivity contribution is 6.05. The van der Waals surface area contributed by atoms with Gasteiger partial charge in [-0.3, -0.25) is 9.48 Å². The monoisotopic (exact) mass is 355 g/mol. The molecule has 1 heterocycles. The van der Waals surface area contributed by atoms with Crippen molar-refractivity contribution in [3.05, 3.63) is 46.3 Å². The van der Waals surface area contributed by atoms with Gasteiger partial charge in [-0.25, -0.2) is 4.79 Å². The first kappa shape index (κ1) is 18.5. The van der Waals surface area contributed by atoms with Gasteiger partial charge in [-0.2, -0.15) is 18.3 Å². The van der Waals surface area contributed by atoms with Crippen LogP contribution in [0.4, 0.5) is 18.9 Å². The van der Waals surface area contributed by atoms with Crippen LogP contribution in [0.1, 0.15) is 37.5 Å². The van der Waals surface area contributed by atoms with Gasteiger partial charge in [-0.1, -0.05) is 0 Å². The normalized spacial score (nSPS) is 11.3. The summed E-state index contributed by atoms with van der Waals surface area (Å²) in [6.45, 7) is 3.42. The van der Waals surface area contributed by atoms with E-state index in [0.717, 1.165) is 13.2 Å². The fourth-order valence-corrected chi connectivity index (χ4v) is 2.39. The number of nitrogens with one attached hydrogen (secondary N) is 1. The van der Waals surface area contributed by atoms with E-state index in [2.05, 4.69) is 15.2 Å². The number of ether oxygens (including phenoxy) is 1. The molecule has 0 saturated heterocycles. The number of benzene rings is 1. The number of halogens is 3. The number of anilines is 1. The lowest BCUT2D eigenvalue weighted by Gasteiger charge is -2.13. The third-order valence-electron chi connectivity index (χ3n) is 3.78. The molecule has 1 N–H and O–H groups in total. The Morgan fingerprint density at radius 3 is 2.40 bits per heavy atom. The van der Waals surface area contributed by atoms with E-state index in [1.54, 1.807) is 19.9 Å². The van der Waals surface area contributed by atoms with Gasteiger partial charge in [0.2, 0.25) is 0 Å². The summed E-state index contributed by atoms with van der Waals surface area (Å²) in [5.41, 5.74) is -0.0111. The summed E-state index contributed by atoms with van der Waals surface area (Å²) in [5.74, 6) is -1.58. The molecular formula is C16H16F3N3O3. The molecule has 0 unspecified atom stereocenters. The van der Waals surface area contributed by atoms with Crippen LogP contribution in [0.25, 0.3) is 0 Å². The molecule has 0 aliphatic rings. The Hall–Kier alpha value is -2.84. The van der Waals surface area contributed by atoms with Crippen LogP contribution in [0.3, 0.4) is 0 Å². The topological polar surface area (TPSA) is 73.2 Å². The van der Waals surface area contributed by atoms with E-state index in [0.29, 0.717) is 15.8 Å². The van der Waals surface area contributed by atoms with Gasteiger partial charge in [-0.15, -0.1) is 0 Å². The zero-order chi connectivity index (χ0) is 18.9. The fourth-order valence-electron chi connectivity index (χ4n) is 2.39. The Bertz CT molecular complexity index is 841. The highest BCUT2D eigenvalue weighted by Crippen LogP contribution is 2.32. The molecule has 0 aliphatic heterocycles. The molecule has 134 valence electrons. The van der Waals surface area contributed by atoms with Crippen molar-refractivity contribution in [2.45, 2.75) is 20.0 Å². The lowest BCUT2D eigenvalue weighted by atomic mass is 10.0. The molecule has 2 aromatic rings. The third kappa shape index (κ3) is 3.65. The second kappa shape index (κ2) is 6.58. The van der Waals surface area contributed by atoms with Crippen LogP contribution in [0.15, 0.2) is 18.3 Å². The number of amides is 1. The van der Waals surface area contributed by atoms with E-state index in [4.69, 9.17) is 0 Å². The van der Waals surface area contributed by atoms with Gasteiger partial charge in [0, 0.05) is 12.7 Å². The lowest BCUT2D eigenvalue weighted by Crippen LogP contribution is -2.20. The Kier molecular flexibility index (Phi) is 4.87. The second-order valence-electron chi connectivity index (χ2n) is 5.44. The Morgan fingerprint density at radius 2 is 1.84 bits per heavy atom. The molecule has 0 bridgehead atoms. The first-order chi connectivity index (χ1) is 11.6. The van der Waals surface area contributed by atoms with E-state index >= 15 is 0 Å². The molecule has 0 fully saturated rings. The molecule has 2 rings (SSSR count). The zero-order valence-electron chi connectivity index (χ0n) is 14.0. The Balaban J connectivity index is 2.40. The van der Waals surface area contributed by atoms with Gasteiger partial charge < -0.3 is 10.1 Å². The van der Waals surface area contributed by atoms with Crippen LogP contribution < -0.4 is 5.32 Å². The summed E-state index contributed by atoms with van der Waals surface area (Å²) in [5, 5.41) is 5.87. The minimum Gasteiger partial charge on any atom is -0.465 e. The van der Waals surface area contributed by atoms with Crippen molar-refractivity contribution < 1.29 is 27.5 Å². The smallest absolute Gasteiger partial charge is 0.433 e. The van der Waals surface area contributed by atoms with Crippen molar-refractivity contribution in [3.63, 3.8) is 0 Å². The van der Waals surface area contributed by atoms with Crippen LogP contribution in [-0.4, -0.2) is 28.8 Å². The number of aromatic nitrogens is 2. The number of methoxy groups -OCH3 is 1. The van der Waals surface area contributed by atoms with E-state index < -0.39 is 29.3 Å². The second-order valence-corrected chi connectivity index (χ2v) is 5.44. The van der Waals surface area contributed by atoms with Crippen LogP contribution >= 0.6 is 0 Å². The minimum atomic E-state index is -4.72. The van der Waals surface area contributed by atoms with Crippen molar-refractivity contribution in [2.75, 3.05) is 12.4 Å².